The zero-order chi connectivity index (χ0) is 18.0. The minimum Gasteiger partial charge on any atom is -0.478 e. The number of esters is 1. The number of aliphatic imine (C=N–C) groups is 1. The average Bonchev–Trinajstić information content (AvgIpc) is 2.53. The number of ether oxygens (including phenoxy) is 1. The van der Waals surface area contributed by atoms with Crippen LogP contribution in [0.15, 0.2) is 34.8 Å². The molecule has 0 spiro atoms. The lowest BCUT2D eigenvalue weighted by molar-refractivity contribution is -0.384. The molecule has 2 atom stereocenters. The number of nitrogens with zero attached hydrogens (tertiary/aromatic N) is 2. The van der Waals surface area contributed by atoms with Gasteiger partial charge in [-0.1, -0.05) is 12.1 Å². The summed E-state index contributed by atoms with van der Waals surface area (Å²) in [4.78, 5) is 38.6. The number of carbonyl (C=O) groups excluding carboxylic acids is 1. The van der Waals surface area contributed by atoms with Gasteiger partial charge in [0.25, 0.3) is 5.69 Å². The minimum atomic E-state index is -1.23. The van der Waals surface area contributed by atoms with E-state index in [2.05, 4.69) is 4.99 Å². The highest BCUT2D eigenvalue weighted by molar-refractivity contribution is 6.16. The van der Waals surface area contributed by atoms with Crippen LogP contribution < -0.4 is 0 Å². The highest BCUT2D eigenvalue weighted by Gasteiger charge is 2.38. The van der Waals surface area contributed by atoms with E-state index in [0.717, 1.165) is 0 Å². The number of nitro benzene ring substituents is 1. The number of carboxylic acid groups (broad SMARTS) is 1. The van der Waals surface area contributed by atoms with Gasteiger partial charge in [-0.2, -0.15) is 0 Å². The number of hydrogen-bond donors (Lipinski definition) is 1. The van der Waals surface area contributed by atoms with Crippen molar-refractivity contribution in [3.05, 3.63) is 45.5 Å². The first-order chi connectivity index (χ1) is 11.3. The van der Waals surface area contributed by atoms with Gasteiger partial charge in [0, 0.05) is 17.8 Å². The molecular weight excluding hydrogens is 316 g/mol. The second kappa shape index (κ2) is 6.61. The maximum Gasteiger partial charge on any atom is 0.334 e. The van der Waals surface area contributed by atoms with Gasteiger partial charge < -0.3 is 9.84 Å². The summed E-state index contributed by atoms with van der Waals surface area (Å²) in [5.74, 6) is -2.91. The Morgan fingerprint density at radius 3 is 2.58 bits per heavy atom. The summed E-state index contributed by atoms with van der Waals surface area (Å²) >= 11 is 0. The van der Waals surface area contributed by atoms with Gasteiger partial charge in [0.1, 0.15) is 5.92 Å². The van der Waals surface area contributed by atoms with E-state index in [1.54, 1.807) is 13.8 Å². The standard InChI is InChI=1S/C16H16N2O6/c1-8-12(15(19)20)14(13(9(2)17-8)16(21)24-3)10-5-4-6-11(7-10)18(22)23/h4-8,13H,1-3H3,(H,19,20). The van der Waals surface area contributed by atoms with Crippen LogP contribution >= 0.6 is 0 Å². The number of nitro groups is 1. The quantitative estimate of drug-likeness (QED) is 0.512. The Hall–Kier alpha value is -3.03. The van der Waals surface area contributed by atoms with Crippen molar-refractivity contribution in [1.82, 2.24) is 0 Å². The van der Waals surface area contributed by atoms with Gasteiger partial charge in [-0.15, -0.1) is 0 Å². The molecule has 0 radical (unpaired) electrons. The zero-order valence-corrected chi connectivity index (χ0v) is 13.3. The van der Waals surface area contributed by atoms with Crippen molar-refractivity contribution in [2.45, 2.75) is 19.9 Å². The van der Waals surface area contributed by atoms with Gasteiger partial charge in [0.15, 0.2) is 0 Å². The molecule has 1 N–H and O–H groups in total. The van der Waals surface area contributed by atoms with E-state index < -0.39 is 28.8 Å². The first kappa shape index (κ1) is 17.3. The Kier molecular flexibility index (Phi) is 4.77. The van der Waals surface area contributed by atoms with Gasteiger partial charge in [-0.25, -0.2) is 4.79 Å². The van der Waals surface area contributed by atoms with Crippen LogP contribution in [0.5, 0.6) is 0 Å². The molecule has 0 amide bonds. The Morgan fingerprint density at radius 2 is 2.04 bits per heavy atom. The fraction of sp³-hybridized carbons (Fsp3) is 0.312. The van der Waals surface area contributed by atoms with E-state index in [1.165, 1.54) is 31.4 Å². The van der Waals surface area contributed by atoms with Crippen LogP contribution in [0.4, 0.5) is 5.69 Å². The number of carbonyl (C=O) groups is 2. The lowest BCUT2D eigenvalue weighted by Crippen LogP contribution is -2.33. The maximum absolute atomic E-state index is 12.2. The van der Waals surface area contributed by atoms with Crippen LogP contribution in [0.2, 0.25) is 0 Å². The summed E-state index contributed by atoms with van der Waals surface area (Å²) in [6.45, 7) is 3.20. The van der Waals surface area contributed by atoms with Crippen LogP contribution in [0.3, 0.4) is 0 Å². The van der Waals surface area contributed by atoms with Crippen LogP contribution in [0, 0.1) is 16.0 Å². The van der Waals surface area contributed by atoms with Crippen molar-refractivity contribution in [3.63, 3.8) is 0 Å². The fourth-order valence-electron chi connectivity index (χ4n) is 2.84. The number of hydrogen-bond acceptors (Lipinski definition) is 6. The summed E-state index contributed by atoms with van der Waals surface area (Å²) in [7, 11) is 1.19. The molecule has 8 heteroatoms. The first-order valence-corrected chi connectivity index (χ1v) is 7.12. The number of rotatable bonds is 4. The first-order valence-electron chi connectivity index (χ1n) is 7.12. The molecule has 0 saturated heterocycles. The SMILES string of the molecule is COC(=O)C1C(C)=NC(C)C(C(=O)O)=C1c1cccc([N+](=O)[O-])c1. The number of carboxylic acids is 1. The second-order valence-electron chi connectivity index (χ2n) is 5.34. The molecule has 1 aliphatic rings. The van der Waals surface area contributed by atoms with Gasteiger partial charge in [-0.3, -0.25) is 19.9 Å². The van der Waals surface area contributed by atoms with E-state index in [0.29, 0.717) is 5.71 Å². The van der Waals surface area contributed by atoms with E-state index in [9.17, 15) is 24.8 Å². The Balaban J connectivity index is 2.76. The minimum absolute atomic E-state index is 0.0727. The van der Waals surface area contributed by atoms with E-state index in [1.807, 2.05) is 0 Å². The third-order valence-electron chi connectivity index (χ3n) is 3.85. The number of benzene rings is 1. The Morgan fingerprint density at radius 1 is 1.38 bits per heavy atom. The van der Waals surface area contributed by atoms with Gasteiger partial charge >= 0.3 is 11.9 Å². The molecule has 2 rings (SSSR count). The molecular formula is C16H16N2O6. The Labute approximate surface area is 137 Å². The Bertz CT molecular complexity index is 781. The molecule has 24 heavy (non-hydrogen) atoms. The lowest BCUT2D eigenvalue weighted by Gasteiger charge is -2.27. The van der Waals surface area contributed by atoms with Crippen molar-refractivity contribution in [1.29, 1.82) is 0 Å². The molecule has 1 heterocycles. The smallest absolute Gasteiger partial charge is 0.334 e. The van der Waals surface area contributed by atoms with Gasteiger partial charge in [0.05, 0.1) is 23.6 Å². The van der Waals surface area contributed by atoms with E-state index in [4.69, 9.17) is 4.74 Å². The molecule has 0 fully saturated rings. The molecule has 2 unspecified atom stereocenters. The second-order valence-corrected chi connectivity index (χ2v) is 5.34. The van der Waals surface area contributed by atoms with Gasteiger partial charge in [0.2, 0.25) is 0 Å². The number of methoxy groups -OCH3 is 1. The summed E-state index contributed by atoms with van der Waals surface area (Å²) in [5.41, 5.74) is 0.606. The van der Waals surface area contributed by atoms with Crippen molar-refractivity contribution in [2.24, 2.45) is 10.9 Å². The van der Waals surface area contributed by atoms with Crippen LogP contribution in [0.25, 0.3) is 5.57 Å². The summed E-state index contributed by atoms with van der Waals surface area (Å²) in [6, 6.07) is 4.84. The topological polar surface area (TPSA) is 119 Å². The molecule has 126 valence electrons. The molecule has 0 saturated carbocycles. The largest absolute Gasteiger partial charge is 0.478 e. The normalized spacial score (nSPS) is 20.4. The third-order valence-corrected chi connectivity index (χ3v) is 3.85. The lowest BCUT2D eigenvalue weighted by atomic mass is 9.81. The van der Waals surface area contributed by atoms with Crippen LogP contribution in [-0.4, -0.2) is 40.8 Å². The van der Waals surface area contributed by atoms with Crippen molar-refractivity contribution in [2.75, 3.05) is 7.11 Å². The molecule has 0 aromatic heterocycles. The molecule has 1 aromatic rings. The van der Waals surface area contributed by atoms with E-state index in [-0.39, 0.29) is 22.4 Å². The van der Waals surface area contributed by atoms with Crippen molar-refractivity contribution in [3.8, 4) is 0 Å². The van der Waals surface area contributed by atoms with Crippen LogP contribution in [0.1, 0.15) is 19.4 Å². The van der Waals surface area contributed by atoms with Crippen molar-refractivity contribution >= 4 is 28.9 Å². The number of non-ortho nitro benzene ring substituents is 1. The highest BCUT2D eigenvalue weighted by atomic mass is 16.6. The summed E-state index contributed by atoms with van der Waals surface area (Å²) in [6.07, 6.45) is 0. The average molecular weight is 332 g/mol. The predicted octanol–water partition coefficient (Wildman–Crippen LogP) is 2.09. The summed E-state index contributed by atoms with van der Waals surface area (Å²) < 4.78 is 4.77. The number of aliphatic carboxylic acids is 1. The molecule has 0 bridgehead atoms. The molecule has 1 aliphatic heterocycles. The number of dihydropyridines is 1. The van der Waals surface area contributed by atoms with E-state index >= 15 is 0 Å². The van der Waals surface area contributed by atoms with Crippen molar-refractivity contribution < 1.29 is 24.4 Å². The monoisotopic (exact) mass is 332 g/mol. The molecule has 8 nitrogen and oxygen atoms in total. The van der Waals surface area contributed by atoms with Gasteiger partial charge in [-0.05, 0) is 25.0 Å². The highest BCUT2D eigenvalue weighted by Crippen LogP contribution is 2.36. The maximum atomic E-state index is 12.2. The molecule has 1 aromatic carbocycles. The predicted molar refractivity (Wildman–Crippen MR) is 85.7 cm³/mol. The third kappa shape index (κ3) is 3.03. The molecule has 0 aliphatic carbocycles. The fourth-order valence-corrected chi connectivity index (χ4v) is 2.84. The van der Waals surface area contributed by atoms with Crippen LogP contribution in [-0.2, 0) is 14.3 Å². The zero-order valence-electron chi connectivity index (χ0n) is 13.3. The summed E-state index contributed by atoms with van der Waals surface area (Å²) in [5, 5.41) is 20.6.